The van der Waals surface area contributed by atoms with E-state index in [1.165, 1.54) is 0 Å². The summed E-state index contributed by atoms with van der Waals surface area (Å²) in [5.41, 5.74) is 0.282. The second-order valence-corrected chi connectivity index (χ2v) is 5.92. The Hall–Kier alpha value is -1.26. The number of piperidine rings is 1. The zero-order chi connectivity index (χ0) is 15.4. The van der Waals surface area contributed by atoms with E-state index in [9.17, 15) is 9.59 Å². The van der Waals surface area contributed by atoms with Crippen LogP contribution in [0.15, 0.2) is 18.2 Å². The molecular formula is C15H18Cl2N2O2. The molecule has 6 heteroatoms. The van der Waals surface area contributed by atoms with Crippen LogP contribution >= 0.6 is 23.2 Å². The number of rotatable bonds is 2. The van der Waals surface area contributed by atoms with Crippen LogP contribution < -0.4 is 5.32 Å². The molecule has 0 spiro atoms. The Kier molecular flexibility index (Phi) is 5.48. The van der Waals surface area contributed by atoms with Gasteiger partial charge in [0.2, 0.25) is 0 Å². The molecule has 21 heavy (non-hydrogen) atoms. The molecule has 114 valence electrons. The summed E-state index contributed by atoms with van der Waals surface area (Å²) >= 11 is 12.0. The van der Waals surface area contributed by atoms with Crippen molar-refractivity contribution in [2.75, 3.05) is 11.9 Å². The van der Waals surface area contributed by atoms with Crippen molar-refractivity contribution in [3.05, 3.63) is 28.2 Å². The number of para-hydroxylation sites is 1. The molecular weight excluding hydrogens is 311 g/mol. The Balaban J connectivity index is 2.10. The van der Waals surface area contributed by atoms with E-state index in [2.05, 4.69) is 5.32 Å². The number of anilines is 1. The minimum absolute atomic E-state index is 0.138. The first-order valence-electron chi connectivity index (χ1n) is 7.10. The summed E-state index contributed by atoms with van der Waals surface area (Å²) in [7, 11) is 0. The van der Waals surface area contributed by atoms with E-state index >= 15 is 0 Å². The van der Waals surface area contributed by atoms with Crippen molar-refractivity contribution in [3.63, 3.8) is 0 Å². The van der Waals surface area contributed by atoms with Crippen LogP contribution in [0.3, 0.4) is 0 Å². The lowest BCUT2D eigenvalue weighted by Crippen LogP contribution is -2.48. The molecule has 1 aromatic carbocycles. The predicted molar refractivity (Wildman–Crippen MR) is 84.7 cm³/mol. The summed E-state index contributed by atoms with van der Waals surface area (Å²) in [6, 6.07) is 5.05. The minimum Gasteiger partial charge on any atom is -0.331 e. The van der Waals surface area contributed by atoms with Gasteiger partial charge in [-0.3, -0.25) is 9.59 Å². The lowest BCUT2D eigenvalue weighted by Gasteiger charge is -2.34. The van der Waals surface area contributed by atoms with Gasteiger partial charge in [-0.1, -0.05) is 36.2 Å². The average Bonchev–Trinajstić information content (AvgIpc) is 2.50. The standard InChI is InChI=1S/C15H18Cl2N2O2/c1-2-10-6-3-4-9-19(10)15(21)14(20)18-13-11(16)7-5-8-12(13)17/h5,7-8,10H,2-4,6,9H2,1H3,(H,18,20). The van der Waals surface area contributed by atoms with Gasteiger partial charge < -0.3 is 10.2 Å². The van der Waals surface area contributed by atoms with Crippen molar-refractivity contribution in [1.29, 1.82) is 0 Å². The van der Waals surface area contributed by atoms with E-state index in [1.807, 2.05) is 6.92 Å². The molecule has 1 aliphatic rings. The second-order valence-electron chi connectivity index (χ2n) is 5.11. The van der Waals surface area contributed by atoms with Crippen LogP contribution in [0.1, 0.15) is 32.6 Å². The van der Waals surface area contributed by atoms with Gasteiger partial charge in [0.15, 0.2) is 0 Å². The molecule has 1 aliphatic heterocycles. The maximum Gasteiger partial charge on any atom is 0.313 e. The molecule has 2 amide bonds. The highest BCUT2D eigenvalue weighted by molar-refractivity contribution is 6.44. The Morgan fingerprint density at radius 3 is 2.57 bits per heavy atom. The fraction of sp³-hybridized carbons (Fsp3) is 0.467. The maximum atomic E-state index is 12.3. The number of carbonyl (C=O) groups excluding carboxylic acids is 2. The van der Waals surface area contributed by atoms with Gasteiger partial charge in [0, 0.05) is 12.6 Å². The van der Waals surface area contributed by atoms with Gasteiger partial charge in [-0.15, -0.1) is 0 Å². The molecule has 1 atom stereocenters. The van der Waals surface area contributed by atoms with Crippen molar-refractivity contribution < 1.29 is 9.59 Å². The van der Waals surface area contributed by atoms with E-state index < -0.39 is 11.8 Å². The second kappa shape index (κ2) is 7.14. The summed E-state index contributed by atoms with van der Waals surface area (Å²) < 4.78 is 0. The van der Waals surface area contributed by atoms with E-state index in [-0.39, 0.29) is 11.7 Å². The van der Waals surface area contributed by atoms with Gasteiger partial charge in [-0.2, -0.15) is 0 Å². The van der Waals surface area contributed by atoms with E-state index in [0.29, 0.717) is 16.6 Å². The molecule has 0 aromatic heterocycles. The highest BCUT2D eigenvalue weighted by atomic mass is 35.5. The summed E-state index contributed by atoms with van der Waals surface area (Å²) in [5.74, 6) is -1.21. The molecule has 1 fully saturated rings. The largest absolute Gasteiger partial charge is 0.331 e. The fourth-order valence-electron chi connectivity index (χ4n) is 2.61. The normalized spacial score (nSPS) is 18.4. The Bertz CT molecular complexity index is 528. The molecule has 0 saturated carbocycles. The van der Waals surface area contributed by atoms with E-state index in [4.69, 9.17) is 23.2 Å². The summed E-state index contributed by atoms with van der Waals surface area (Å²) in [4.78, 5) is 26.1. The topological polar surface area (TPSA) is 49.4 Å². The predicted octanol–water partition coefficient (Wildman–Crippen LogP) is 3.72. The highest BCUT2D eigenvalue weighted by Crippen LogP contribution is 2.30. The van der Waals surface area contributed by atoms with Crippen LogP contribution in [-0.2, 0) is 9.59 Å². The first-order valence-corrected chi connectivity index (χ1v) is 7.86. The third-order valence-electron chi connectivity index (χ3n) is 3.75. The molecule has 1 aromatic rings. The van der Waals surface area contributed by atoms with Crippen molar-refractivity contribution >= 4 is 40.7 Å². The number of halogens is 2. The first kappa shape index (κ1) is 16.1. The van der Waals surface area contributed by atoms with Crippen molar-refractivity contribution in [1.82, 2.24) is 4.90 Å². The van der Waals surface area contributed by atoms with Gasteiger partial charge in [0.25, 0.3) is 0 Å². The average molecular weight is 329 g/mol. The lowest BCUT2D eigenvalue weighted by atomic mass is 10.00. The number of carbonyl (C=O) groups is 2. The zero-order valence-electron chi connectivity index (χ0n) is 11.9. The quantitative estimate of drug-likeness (QED) is 0.841. The summed E-state index contributed by atoms with van der Waals surface area (Å²) in [6.45, 7) is 2.65. The van der Waals surface area contributed by atoms with Gasteiger partial charge in [-0.25, -0.2) is 0 Å². The number of amides is 2. The smallest absolute Gasteiger partial charge is 0.313 e. The number of nitrogens with zero attached hydrogens (tertiary/aromatic N) is 1. The molecule has 0 radical (unpaired) electrons. The molecule has 0 bridgehead atoms. The van der Waals surface area contributed by atoms with Gasteiger partial charge in [0.1, 0.15) is 0 Å². The highest BCUT2D eigenvalue weighted by Gasteiger charge is 2.30. The molecule has 1 N–H and O–H groups in total. The zero-order valence-corrected chi connectivity index (χ0v) is 13.4. The Labute approximate surface area is 134 Å². The molecule has 2 rings (SSSR count). The SMILES string of the molecule is CCC1CCCCN1C(=O)C(=O)Nc1c(Cl)cccc1Cl. The van der Waals surface area contributed by atoms with Gasteiger partial charge >= 0.3 is 11.8 Å². The number of hydrogen-bond donors (Lipinski definition) is 1. The first-order chi connectivity index (χ1) is 10.0. The van der Waals surface area contributed by atoms with Crippen LogP contribution in [-0.4, -0.2) is 29.3 Å². The molecule has 4 nitrogen and oxygen atoms in total. The van der Waals surface area contributed by atoms with E-state index in [1.54, 1.807) is 23.1 Å². The van der Waals surface area contributed by atoms with Crippen LogP contribution in [0.2, 0.25) is 10.0 Å². The number of hydrogen-bond acceptors (Lipinski definition) is 2. The van der Waals surface area contributed by atoms with Crippen molar-refractivity contribution in [2.24, 2.45) is 0 Å². The number of benzene rings is 1. The van der Waals surface area contributed by atoms with Gasteiger partial charge in [0.05, 0.1) is 15.7 Å². The summed E-state index contributed by atoms with van der Waals surface area (Å²) in [6.07, 6.45) is 3.83. The molecule has 0 aliphatic carbocycles. The third kappa shape index (κ3) is 3.69. The minimum atomic E-state index is -0.689. The molecule has 1 unspecified atom stereocenters. The van der Waals surface area contributed by atoms with Crippen molar-refractivity contribution in [2.45, 2.75) is 38.6 Å². The van der Waals surface area contributed by atoms with Crippen LogP contribution in [0.5, 0.6) is 0 Å². The molecule has 1 saturated heterocycles. The Morgan fingerprint density at radius 1 is 1.29 bits per heavy atom. The molecule has 1 heterocycles. The maximum absolute atomic E-state index is 12.3. The van der Waals surface area contributed by atoms with Crippen LogP contribution in [0.4, 0.5) is 5.69 Å². The van der Waals surface area contributed by atoms with Crippen molar-refractivity contribution in [3.8, 4) is 0 Å². The van der Waals surface area contributed by atoms with Crippen LogP contribution in [0, 0.1) is 0 Å². The van der Waals surface area contributed by atoms with Crippen LogP contribution in [0.25, 0.3) is 0 Å². The number of nitrogens with one attached hydrogen (secondary N) is 1. The summed E-state index contributed by atoms with van der Waals surface area (Å²) in [5, 5.41) is 3.15. The van der Waals surface area contributed by atoms with Gasteiger partial charge in [-0.05, 0) is 37.8 Å². The fourth-order valence-corrected chi connectivity index (χ4v) is 3.10. The lowest BCUT2D eigenvalue weighted by molar-refractivity contribution is -0.145. The third-order valence-corrected chi connectivity index (χ3v) is 4.38. The monoisotopic (exact) mass is 328 g/mol. The number of likely N-dealkylation sites (tertiary alicyclic amines) is 1. The van der Waals surface area contributed by atoms with E-state index in [0.717, 1.165) is 25.7 Å². The Morgan fingerprint density at radius 2 is 1.95 bits per heavy atom.